The Balaban J connectivity index is 1.36. The molecular weight excluding hydrogens is 306 g/mol. The summed E-state index contributed by atoms with van der Waals surface area (Å²) in [6, 6.07) is 7.84. The average molecular weight is 333 g/mol. The zero-order chi connectivity index (χ0) is 16.8. The van der Waals surface area contributed by atoms with Crippen molar-refractivity contribution >= 4 is 11.1 Å². The third-order valence-corrected chi connectivity index (χ3v) is 4.36. The number of aliphatic hydroxyl groups is 1. The monoisotopic (exact) mass is 333 g/mol. The van der Waals surface area contributed by atoms with Gasteiger partial charge in [-0.15, -0.1) is 0 Å². The molecule has 132 valence electrons. The van der Waals surface area contributed by atoms with Crippen LogP contribution in [0.2, 0.25) is 0 Å². The van der Waals surface area contributed by atoms with E-state index in [0.717, 1.165) is 69.2 Å². The number of hydrogen-bond donors (Lipinski definition) is 1. The van der Waals surface area contributed by atoms with Crippen LogP contribution in [0.25, 0.3) is 11.1 Å². The number of aliphatic hydroxyl groups excluding tert-OH is 1. The average Bonchev–Trinajstić information content (AvgIpc) is 2.98. The smallest absolute Gasteiger partial charge is 0.195 e. The van der Waals surface area contributed by atoms with Gasteiger partial charge in [-0.3, -0.25) is 4.90 Å². The Morgan fingerprint density at radius 2 is 2.08 bits per heavy atom. The van der Waals surface area contributed by atoms with Crippen molar-refractivity contribution in [1.29, 1.82) is 0 Å². The van der Waals surface area contributed by atoms with E-state index in [-0.39, 0.29) is 6.10 Å². The summed E-state index contributed by atoms with van der Waals surface area (Å²) in [5.74, 6) is 0.790. The maximum absolute atomic E-state index is 10.2. The molecule has 1 N–H and O–H groups in total. The van der Waals surface area contributed by atoms with Crippen molar-refractivity contribution in [3.63, 3.8) is 0 Å². The summed E-state index contributed by atoms with van der Waals surface area (Å²) in [5, 5.41) is 10.2. The topological polar surface area (TPSA) is 62.0 Å². The van der Waals surface area contributed by atoms with Crippen molar-refractivity contribution in [3.8, 4) is 0 Å². The van der Waals surface area contributed by atoms with Crippen molar-refractivity contribution in [1.82, 2.24) is 14.8 Å². The Morgan fingerprint density at radius 3 is 2.88 bits per heavy atom. The first-order chi connectivity index (χ1) is 11.7. The first-order valence-corrected chi connectivity index (χ1v) is 8.72. The van der Waals surface area contributed by atoms with Crippen LogP contribution in [0.1, 0.15) is 12.3 Å². The predicted molar refractivity (Wildman–Crippen MR) is 93.1 cm³/mol. The Bertz CT molecular complexity index is 592. The molecule has 1 atom stereocenters. The minimum absolute atomic E-state index is 0.322. The van der Waals surface area contributed by atoms with E-state index in [4.69, 9.17) is 9.15 Å². The summed E-state index contributed by atoms with van der Waals surface area (Å²) in [5.41, 5.74) is 1.77. The number of hydrogen-bond acceptors (Lipinski definition) is 6. The van der Waals surface area contributed by atoms with Gasteiger partial charge in [-0.05, 0) is 32.1 Å². The zero-order valence-corrected chi connectivity index (χ0v) is 14.4. The van der Waals surface area contributed by atoms with Gasteiger partial charge in [0.05, 0.1) is 19.3 Å². The lowest BCUT2D eigenvalue weighted by Gasteiger charge is -2.30. The fraction of sp³-hybridized carbons (Fsp3) is 0.611. The molecule has 3 rings (SSSR count). The van der Waals surface area contributed by atoms with Crippen LogP contribution >= 0.6 is 0 Å². The molecule has 6 nitrogen and oxygen atoms in total. The van der Waals surface area contributed by atoms with Crippen molar-refractivity contribution in [3.05, 3.63) is 30.2 Å². The van der Waals surface area contributed by atoms with E-state index in [1.165, 1.54) is 0 Å². The summed E-state index contributed by atoms with van der Waals surface area (Å²) in [6.07, 6.45) is 1.46. The SMILES string of the molecule is CN(CCCc1nc2ccccc2o1)CC(O)CN1CCOCC1. The molecule has 0 saturated carbocycles. The van der Waals surface area contributed by atoms with Crippen LogP contribution in [0.15, 0.2) is 28.7 Å². The molecule has 2 heterocycles. The first-order valence-electron chi connectivity index (χ1n) is 8.72. The Labute approximate surface area is 143 Å². The second-order valence-corrected chi connectivity index (χ2v) is 6.51. The molecule has 1 unspecified atom stereocenters. The highest BCUT2D eigenvalue weighted by molar-refractivity contribution is 5.72. The fourth-order valence-corrected chi connectivity index (χ4v) is 3.12. The van der Waals surface area contributed by atoms with Gasteiger partial charge in [0.1, 0.15) is 5.52 Å². The summed E-state index contributed by atoms with van der Waals surface area (Å²) in [6.45, 7) is 5.69. The molecule has 0 spiro atoms. The maximum atomic E-state index is 10.2. The van der Waals surface area contributed by atoms with E-state index in [0.29, 0.717) is 6.54 Å². The number of aromatic nitrogens is 1. The summed E-state index contributed by atoms with van der Waals surface area (Å²) in [4.78, 5) is 8.93. The molecule has 1 saturated heterocycles. The number of β-amino-alcohol motifs (C(OH)–C–C–N with tert-alkyl or cyclic N) is 1. The highest BCUT2D eigenvalue weighted by Crippen LogP contribution is 2.15. The number of morpholine rings is 1. The number of fused-ring (bicyclic) bond motifs is 1. The zero-order valence-electron chi connectivity index (χ0n) is 14.4. The van der Waals surface area contributed by atoms with Gasteiger partial charge in [-0.2, -0.15) is 0 Å². The molecule has 1 fully saturated rings. The standard InChI is InChI=1S/C18H27N3O3/c1-20(13-15(22)14-21-9-11-23-12-10-21)8-4-7-18-19-16-5-2-3-6-17(16)24-18/h2-3,5-6,15,22H,4,7-14H2,1H3. The van der Waals surface area contributed by atoms with Crippen molar-refractivity contribution in [2.45, 2.75) is 18.9 Å². The van der Waals surface area contributed by atoms with Crippen molar-refractivity contribution in [2.24, 2.45) is 0 Å². The van der Waals surface area contributed by atoms with E-state index >= 15 is 0 Å². The molecule has 0 aliphatic carbocycles. The molecule has 0 bridgehead atoms. The van der Waals surface area contributed by atoms with Gasteiger partial charge in [-0.25, -0.2) is 4.98 Å². The molecule has 6 heteroatoms. The summed E-state index contributed by atoms with van der Waals surface area (Å²) in [7, 11) is 2.05. The Hall–Kier alpha value is -1.47. The maximum Gasteiger partial charge on any atom is 0.195 e. The van der Waals surface area contributed by atoms with Crippen LogP contribution in [-0.2, 0) is 11.2 Å². The molecule has 2 aromatic rings. The quantitative estimate of drug-likeness (QED) is 0.788. The highest BCUT2D eigenvalue weighted by Gasteiger charge is 2.16. The highest BCUT2D eigenvalue weighted by atomic mass is 16.5. The van der Waals surface area contributed by atoms with E-state index in [1.54, 1.807) is 0 Å². The van der Waals surface area contributed by atoms with E-state index in [1.807, 2.05) is 24.3 Å². The number of likely N-dealkylation sites (N-methyl/N-ethyl adjacent to an activating group) is 1. The number of nitrogens with zero attached hydrogens (tertiary/aromatic N) is 3. The molecule has 1 aromatic heterocycles. The predicted octanol–water partition coefficient (Wildman–Crippen LogP) is 1.39. The van der Waals surface area contributed by atoms with Gasteiger partial charge >= 0.3 is 0 Å². The van der Waals surface area contributed by atoms with Gasteiger partial charge in [-0.1, -0.05) is 12.1 Å². The van der Waals surface area contributed by atoms with Crippen molar-refractivity contribution in [2.75, 3.05) is 53.0 Å². The lowest BCUT2D eigenvalue weighted by molar-refractivity contribution is 0.00866. The lowest BCUT2D eigenvalue weighted by atomic mass is 10.2. The number of aryl methyl sites for hydroxylation is 1. The van der Waals surface area contributed by atoms with Gasteiger partial charge < -0.3 is 19.2 Å². The molecule has 1 aromatic carbocycles. The minimum Gasteiger partial charge on any atom is -0.441 e. The molecule has 0 amide bonds. The van der Waals surface area contributed by atoms with Gasteiger partial charge in [0.2, 0.25) is 0 Å². The number of para-hydroxylation sites is 2. The van der Waals surface area contributed by atoms with E-state index < -0.39 is 0 Å². The molecule has 24 heavy (non-hydrogen) atoms. The second-order valence-electron chi connectivity index (χ2n) is 6.51. The third-order valence-electron chi connectivity index (χ3n) is 4.36. The van der Waals surface area contributed by atoms with Gasteiger partial charge in [0, 0.05) is 32.6 Å². The first kappa shape index (κ1) is 17.4. The van der Waals surface area contributed by atoms with Gasteiger partial charge in [0.15, 0.2) is 11.5 Å². The van der Waals surface area contributed by atoms with Crippen LogP contribution in [-0.4, -0.2) is 79.0 Å². The third kappa shape index (κ3) is 5.01. The van der Waals surface area contributed by atoms with Crippen molar-refractivity contribution < 1.29 is 14.3 Å². The van der Waals surface area contributed by atoms with Crippen LogP contribution in [0.4, 0.5) is 0 Å². The number of ether oxygens (including phenoxy) is 1. The normalized spacial score (nSPS) is 17.6. The molecule has 1 aliphatic heterocycles. The number of rotatable bonds is 8. The lowest BCUT2D eigenvalue weighted by Crippen LogP contribution is -2.44. The van der Waals surface area contributed by atoms with Crippen LogP contribution in [0.5, 0.6) is 0 Å². The molecular formula is C18H27N3O3. The Kier molecular flexibility index (Phi) is 6.20. The number of benzene rings is 1. The molecule has 1 aliphatic rings. The summed E-state index contributed by atoms with van der Waals surface area (Å²) >= 11 is 0. The molecule has 0 radical (unpaired) electrons. The number of oxazole rings is 1. The van der Waals surface area contributed by atoms with Gasteiger partial charge in [0.25, 0.3) is 0 Å². The van der Waals surface area contributed by atoms with E-state index in [2.05, 4.69) is 21.8 Å². The largest absolute Gasteiger partial charge is 0.441 e. The second kappa shape index (κ2) is 8.58. The Morgan fingerprint density at radius 1 is 1.29 bits per heavy atom. The fourth-order valence-electron chi connectivity index (χ4n) is 3.12. The van der Waals surface area contributed by atoms with Crippen LogP contribution in [0, 0.1) is 0 Å². The minimum atomic E-state index is -0.322. The van der Waals surface area contributed by atoms with E-state index in [9.17, 15) is 5.11 Å². The van der Waals surface area contributed by atoms with Crippen LogP contribution in [0.3, 0.4) is 0 Å². The summed E-state index contributed by atoms with van der Waals surface area (Å²) < 4.78 is 11.1. The van der Waals surface area contributed by atoms with Crippen LogP contribution < -0.4 is 0 Å².